The van der Waals surface area contributed by atoms with Crippen LogP contribution in [0.25, 0.3) is 0 Å². The summed E-state index contributed by atoms with van der Waals surface area (Å²) in [4.78, 5) is 35.2. The number of rotatable bonds is 5. The molecule has 0 radical (unpaired) electrons. The summed E-state index contributed by atoms with van der Waals surface area (Å²) in [5, 5.41) is 5.23. The van der Waals surface area contributed by atoms with Crippen molar-refractivity contribution in [3.05, 3.63) is 64.7 Å². The molecule has 6 heteroatoms. The summed E-state index contributed by atoms with van der Waals surface area (Å²) in [6, 6.07) is 11.9. The second kappa shape index (κ2) is 8.10. The fraction of sp³-hybridized carbons (Fsp3) is 0.211. The number of anilines is 1. The van der Waals surface area contributed by atoms with E-state index in [-0.39, 0.29) is 12.5 Å². The number of nitrogens with one attached hydrogen (secondary N) is 2. The van der Waals surface area contributed by atoms with Crippen LogP contribution in [-0.4, -0.2) is 31.4 Å². The molecular weight excluding hydrogens is 320 g/mol. The number of carbonyl (C=O) groups excluding carboxylic acids is 3. The zero-order chi connectivity index (χ0) is 18.4. The number of benzene rings is 2. The van der Waals surface area contributed by atoms with Gasteiger partial charge in [-0.2, -0.15) is 0 Å². The third-order valence-corrected chi connectivity index (χ3v) is 3.80. The Morgan fingerprint density at radius 3 is 2.12 bits per heavy atom. The SMILES string of the molecule is COC(=O)CNC(=O)c1ccc(NC(=O)c2ccc(C)c(C)c2)cc1. The Balaban J connectivity index is 1.99. The van der Waals surface area contributed by atoms with Crippen molar-refractivity contribution in [3.63, 3.8) is 0 Å². The van der Waals surface area contributed by atoms with Gasteiger partial charge in [-0.3, -0.25) is 14.4 Å². The number of amides is 2. The Bertz CT molecular complexity index is 798. The van der Waals surface area contributed by atoms with Crippen LogP contribution in [0.15, 0.2) is 42.5 Å². The molecule has 0 bridgehead atoms. The molecule has 0 saturated heterocycles. The average molecular weight is 340 g/mol. The molecule has 0 atom stereocenters. The summed E-state index contributed by atoms with van der Waals surface area (Å²) >= 11 is 0. The monoisotopic (exact) mass is 340 g/mol. The van der Waals surface area contributed by atoms with Crippen molar-refractivity contribution in [2.75, 3.05) is 19.0 Å². The maximum Gasteiger partial charge on any atom is 0.325 e. The van der Waals surface area contributed by atoms with Crippen molar-refractivity contribution in [3.8, 4) is 0 Å². The lowest BCUT2D eigenvalue weighted by Crippen LogP contribution is -2.30. The van der Waals surface area contributed by atoms with Gasteiger partial charge in [0, 0.05) is 16.8 Å². The van der Waals surface area contributed by atoms with Crippen molar-refractivity contribution < 1.29 is 19.1 Å². The van der Waals surface area contributed by atoms with Gasteiger partial charge in [-0.05, 0) is 61.4 Å². The van der Waals surface area contributed by atoms with E-state index in [0.717, 1.165) is 11.1 Å². The number of esters is 1. The molecule has 0 aromatic heterocycles. The smallest absolute Gasteiger partial charge is 0.325 e. The van der Waals surface area contributed by atoms with Crippen LogP contribution in [0.2, 0.25) is 0 Å². The highest BCUT2D eigenvalue weighted by molar-refractivity contribution is 6.04. The van der Waals surface area contributed by atoms with E-state index in [1.54, 1.807) is 30.3 Å². The quantitative estimate of drug-likeness (QED) is 0.819. The number of carbonyl (C=O) groups is 3. The van der Waals surface area contributed by atoms with Crippen LogP contribution in [0.1, 0.15) is 31.8 Å². The Morgan fingerprint density at radius 1 is 0.880 bits per heavy atom. The Kier molecular flexibility index (Phi) is 5.89. The molecule has 2 rings (SSSR count). The predicted molar refractivity (Wildman–Crippen MR) is 94.7 cm³/mol. The van der Waals surface area contributed by atoms with Crippen molar-refractivity contribution >= 4 is 23.5 Å². The molecule has 0 saturated carbocycles. The maximum absolute atomic E-state index is 12.3. The summed E-state index contributed by atoms with van der Waals surface area (Å²) < 4.78 is 4.46. The average Bonchev–Trinajstić information content (AvgIpc) is 2.62. The molecule has 2 aromatic rings. The standard InChI is InChI=1S/C19H20N2O4/c1-12-4-5-15(10-13(12)2)19(24)21-16-8-6-14(7-9-16)18(23)20-11-17(22)25-3/h4-10H,11H2,1-3H3,(H,20,23)(H,21,24). The molecule has 0 unspecified atom stereocenters. The first-order chi connectivity index (χ1) is 11.9. The molecular formula is C19H20N2O4. The number of methoxy groups -OCH3 is 1. The van der Waals surface area contributed by atoms with Gasteiger partial charge in [0.05, 0.1) is 7.11 Å². The zero-order valence-corrected chi connectivity index (χ0v) is 14.4. The van der Waals surface area contributed by atoms with Gasteiger partial charge in [0.1, 0.15) is 6.54 Å². The predicted octanol–water partition coefficient (Wildman–Crippen LogP) is 2.46. The summed E-state index contributed by atoms with van der Waals surface area (Å²) in [5.74, 6) is -1.13. The lowest BCUT2D eigenvalue weighted by atomic mass is 10.1. The van der Waals surface area contributed by atoms with Gasteiger partial charge in [-0.25, -0.2) is 0 Å². The third kappa shape index (κ3) is 4.91. The Hall–Kier alpha value is -3.15. The lowest BCUT2D eigenvalue weighted by Gasteiger charge is -2.08. The van der Waals surface area contributed by atoms with E-state index in [1.165, 1.54) is 7.11 Å². The minimum atomic E-state index is -0.523. The highest BCUT2D eigenvalue weighted by atomic mass is 16.5. The Morgan fingerprint density at radius 2 is 1.52 bits per heavy atom. The van der Waals surface area contributed by atoms with Gasteiger partial charge < -0.3 is 15.4 Å². The second-order valence-corrected chi connectivity index (χ2v) is 5.59. The summed E-state index contributed by atoms with van der Waals surface area (Å²) in [6.45, 7) is 3.75. The highest BCUT2D eigenvalue weighted by Crippen LogP contribution is 2.14. The van der Waals surface area contributed by atoms with Crippen LogP contribution in [-0.2, 0) is 9.53 Å². The number of ether oxygens (including phenoxy) is 1. The van der Waals surface area contributed by atoms with E-state index in [0.29, 0.717) is 16.8 Å². The molecule has 0 aliphatic carbocycles. The molecule has 130 valence electrons. The van der Waals surface area contributed by atoms with Crippen LogP contribution in [0.4, 0.5) is 5.69 Å². The second-order valence-electron chi connectivity index (χ2n) is 5.59. The van der Waals surface area contributed by atoms with E-state index in [4.69, 9.17) is 0 Å². The maximum atomic E-state index is 12.3. The largest absolute Gasteiger partial charge is 0.468 e. The van der Waals surface area contributed by atoms with Crippen molar-refractivity contribution in [1.29, 1.82) is 0 Å². The molecule has 0 heterocycles. The van der Waals surface area contributed by atoms with E-state index >= 15 is 0 Å². The Labute approximate surface area is 146 Å². The van der Waals surface area contributed by atoms with Crippen LogP contribution in [0.5, 0.6) is 0 Å². The minimum absolute atomic E-state index is 0.194. The van der Waals surface area contributed by atoms with E-state index < -0.39 is 11.9 Å². The molecule has 25 heavy (non-hydrogen) atoms. The van der Waals surface area contributed by atoms with Crippen molar-refractivity contribution in [1.82, 2.24) is 5.32 Å². The zero-order valence-electron chi connectivity index (χ0n) is 14.4. The molecule has 0 aliphatic rings. The van der Waals surface area contributed by atoms with Gasteiger partial charge in [0.15, 0.2) is 0 Å². The first kappa shape index (κ1) is 18.2. The number of aryl methyl sites for hydroxylation is 2. The molecule has 2 N–H and O–H groups in total. The third-order valence-electron chi connectivity index (χ3n) is 3.80. The van der Waals surface area contributed by atoms with E-state index in [2.05, 4.69) is 15.4 Å². The first-order valence-electron chi connectivity index (χ1n) is 7.74. The van der Waals surface area contributed by atoms with Crippen LogP contribution in [0, 0.1) is 13.8 Å². The van der Waals surface area contributed by atoms with Gasteiger partial charge in [-0.15, -0.1) is 0 Å². The normalized spacial score (nSPS) is 10.0. The van der Waals surface area contributed by atoms with E-state index in [1.807, 2.05) is 26.0 Å². The van der Waals surface area contributed by atoms with Crippen LogP contribution in [0.3, 0.4) is 0 Å². The highest BCUT2D eigenvalue weighted by Gasteiger charge is 2.10. The minimum Gasteiger partial charge on any atom is -0.468 e. The summed E-state index contributed by atoms with van der Waals surface area (Å²) in [5.41, 5.74) is 3.70. The molecule has 2 amide bonds. The summed E-state index contributed by atoms with van der Waals surface area (Å²) in [6.07, 6.45) is 0. The molecule has 0 fully saturated rings. The fourth-order valence-electron chi connectivity index (χ4n) is 2.12. The summed E-state index contributed by atoms with van der Waals surface area (Å²) in [7, 11) is 1.25. The number of hydrogen-bond acceptors (Lipinski definition) is 4. The molecule has 0 aliphatic heterocycles. The van der Waals surface area contributed by atoms with Crippen molar-refractivity contribution in [2.24, 2.45) is 0 Å². The van der Waals surface area contributed by atoms with Gasteiger partial charge in [0.2, 0.25) is 0 Å². The van der Waals surface area contributed by atoms with Gasteiger partial charge in [-0.1, -0.05) is 6.07 Å². The van der Waals surface area contributed by atoms with E-state index in [9.17, 15) is 14.4 Å². The van der Waals surface area contributed by atoms with Crippen LogP contribution < -0.4 is 10.6 Å². The molecule has 0 spiro atoms. The number of hydrogen-bond donors (Lipinski definition) is 2. The molecule has 2 aromatic carbocycles. The van der Waals surface area contributed by atoms with Gasteiger partial charge in [0.25, 0.3) is 11.8 Å². The van der Waals surface area contributed by atoms with Gasteiger partial charge >= 0.3 is 5.97 Å². The topological polar surface area (TPSA) is 84.5 Å². The van der Waals surface area contributed by atoms with Crippen LogP contribution >= 0.6 is 0 Å². The lowest BCUT2D eigenvalue weighted by molar-refractivity contribution is -0.139. The molecule has 6 nitrogen and oxygen atoms in total. The van der Waals surface area contributed by atoms with Crippen molar-refractivity contribution in [2.45, 2.75) is 13.8 Å². The fourth-order valence-corrected chi connectivity index (χ4v) is 2.12. The first-order valence-corrected chi connectivity index (χ1v) is 7.74.